The smallest absolute Gasteiger partial charge is 0.332 e. The molecule has 0 bridgehead atoms. The average molecular weight is 427 g/mol. The molecule has 0 aliphatic heterocycles. The maximum Gasteiger partial charge on any atom is 0.332 e. The number of imidazole rings is 1. The van der Waals surface area contributed by atoms with Crippen molar-refractivity contribution in [1.82, 2.24) is 18.7 Å². The summed E-state index contributed by atoms with van der Waals surface area (Å²) in [4.78, 5) is 30.8. The van der Waals surface area contributed by atoms with Crippen molar-refractivity contribution >= 4 is 23.3 Å². The normalized spacial score (nSPS) is 11.5. The highest BCUT2D eigenvalue weighted by Gasteiger charge is 2.19. The highest BCUT2D eigenvalue weighted by atomic mass is 16.5. The summed E-state index contributed by atoms with van der Waals surface area (Å²) < 4.78 is 15.5. The van der Waals surface area contributed by atoms with E-state index >= 15 is 0 Å². The zero-order valence-corrected chi connectivity index (χ0v) is 18.8. The van der Waals surface area contributed by atoms with Gasteiger partial charge in [0.05, 0.1) is 14.2 Å². The van der Waals surface area contributed by atoms with Crippen molar-refractivity contribution in [3.05, 3.63) is 50.4 Å². The quantitative estimate of drug-likeness (QED) is 0.524. The molecule has 0 amide bonds. The molecule has 0 fully saturated rings. The Morgan fingerprint density at radius 2 is 1.58 bits per heavy atom. The third-order valence-electron chi connectivity index (χ3n) is 5.19. The van der Waals surface area contributed by atoms with Crippen LogP contribution in [0.5, 0.6) is 11.5 Å². The van der Waals surface area contributed by atoms with Crippen LogP contribution in [-0.4, -0.2) is 32.9 Å². The van der Waals surface area contributed by atoms with Crippen molar-refractivity contribution < 1.29 is 9.47 Å². The van der Waals surface area contributed by atoms with Crippen molar-refractivity contribution in [3.8, 4) is 11.5 Å². The van der Waals surface area contributed by atoms with Crippen molar-refractivity contribution in [1.29, 1.82) is 0 Å². The molecule has 3 aromatic rings. The van der Waals surface area contributed by atoms with E-state index in [1.54, 1.807) is 18.8 Å². The van der Waals surface area contributed by atoms with Crippen molar-refractivity contribution in [3.63, 3.8) is 0 Å². The molecule has 3 rings (SSSR count). The molecular formula is C23H30N4O4. The first-order valence-corrected chi connectivity index (χ1v) is 10.6. The van der Waals surface area contributed by atoms with Gasteiger partial charge in [-0.25, -0.2) is 9.78 Å². The van der Waals surface area contributed by atoms with Gasteiger partial charge in [0.2, 0.25) is 0 Å². The van der Waals surface area contributed by atoms with E-state index in [1.165, 1.54) is 4.57 Å². The molecule has 1 aromatic carbocycles. The molecule has 2 aromatic heterocycles. The number of aryl methyl sites for hydroxylation is 2. The molecule has 0 radical (unpaired) electrons. The molecule has 8 nitrogen and oxygen atoms in total. The number of rotatable bonds is 9. The summed E-state index contributed by atoms with van der Waals surface area (Å²) in [6, 6.07) is 5.62. The Hall–Kier alpha value is -3.29. The molecule has 31 heavy (non-hydrogen) atoms. The first-order chi connectivity index (χ1) is 15.0. The molecule has 0 aliphatic rings. The molecule has 2 heterocycles. The lowest BCUT2D eigenvalue weighted by Gasteiger charge is -2.10. The third-order valence-corrected chi connectivity index (χ3v) is 5.19. The first kappa shape index (κ1) is 22.4. The summed E-state index contributed by atoms with van der Waals surface area (Å²) in [5, 5.41) is 0. The van der Waals surface area contributed by atoms with Crippen LogP contribution < -0.4 is 20.7 Å². The maximum atomic E-state index is 13.2. The summed E-state index contributed by atoms with van der Waals surface area (Å²) >= 11 is 0. The van der Waals surface area contributed by atoms with Crippen LogP contribution in [0.3, 0.4) is 0 Å². The number of ether oxygens (including phenoxy) is 2. The minimum absolute atomic E-state index is 0.283. The average Bonchev–Trinajstić information content (AvgIpc) is 3.16. The lowest BCUT2D eigenvalue weighted by molar-refractivity contribution is 0.355. The van der Waals surface area contributed by atoms with Gasteiger partial charge in [-0.3, -0.25) is 13.9 Å². The molecule has 8 heteroatoms. The Labute approximate surface area is 181 Å². The Balaban J connectivity index is 2.19. The lowest BCUT2D eigenvalue weighted by atomic mass is 10.2. The number of methoxy groups -OCH3 is 2. The summed E-state index contributed by atoms with van der Waals surface area (Å²) in [7, 11) is 3.19. The first-order valence-electron chi connectivity index (χ1n) is 10.6. The zero-order valence-electron chi connectivity index (χ0n) is 18.8. The molecule has 0 aliphatic carbocycles. The fraction of sp³-hybridized carbons (Fsp3) is 0.435. The van der Waals surface area contributed by atoms with Gasteiger partial charge in [-0.1, -0.05) is 26.0 Å². The Morgan fingerprint density at radius 3 is 2.19 bits per heavy atom. The highest BCUT2D eigenvalue weighted by Crippen LogP contribution is 2.28. The lowest BCUT2D eigenvalue weighted by Crippen LogP contribution is -2.40. The van der Waals surface area contributed by atoms with Crippen molar-refractivity contribution in [2.24, 2.45) is 0 Å². The number of fused-ring (bicyclic) bond motifs is 1. The van der Waals surface area contributed by atoms with Gasteiger partial charge in [-0.2, -0.15) is 0 Å². The van der Waals surface area contributed by atoms with E-state index in [9.17, 15) is 9.59 Å². The number of aromatic nitrogens is 4. The number of benzene rings is 1. The van der Waals surface area contributed by atoms with Crippen LogP contribution in [0.2, 0.25) is 0 Å². The predicted octanol–water partition coefficient (Wildman–Crippen LogP) is 3.39. The zero-order chi connectivity index (χ0) is 22.5. The maximum absolute atomic E-state index is 13.2. The molecule has 166 valence electrons. The van der Waals surface area contributed by atoms with E-state index in [-0.39, 0.29) is 11.2 Å². The van der Waals surface area contributed by atoms with Gasteiger partial charge in [0, 0.05) is 19.6 Å². The minimum Gasteiger partial charge on any atom is -0.493 e. The largest absolute Gasteiger partial charge is 0.493 e. The summed E-state index contributed by atoms with van der Waals surface area (Å²) in [6.45, 7) is 7.39. The summed E-state index contributed by atoms with van der Waals surface area (Å²) in [6.07, 6.45) is 5.24. The van der Waals surface area contributed by atoms with E-state index in [2.05, 4.69) is 4.98 Å². The monoisotopic (exact) mass is 426 g/mol. The Morgan fingerprint density at radius 1 is 0.903 bits per heavy atom. The number of hydrogen-bond acceptors (Lipinski definition) is 5. The third kappa shape index (κ3) is 4.15. The van der Waals surface area contributed by atoms with Gasteiger partial charge in [-0.15, -0.1) is 0 Å². The van der Waals surface area contributed by atoms with Gasteiger partial charge < -0.3 is 14.0 Å². The molecule has 0 spiro atoms. The van der Waals surface area contributed by atoms with Crippen LogP contribution in [0.1, 0.15) is 45.0 Å². The van der Waals surface area contributed by atoms with Gasteiger partial charge in [-0.05, 0) is 43.5 Å². The fourth-order valence-corrected chi connectivity index (χ4v) is 3.73. The second-order valence-corrected chi connectivity index (χ2v) is 7.23. The van der Waals surface area contributed by atoms with Gasteiger partial charge in [0.15, 0.2) is 22.7 Å². The number of hydrogen-bond donors (Lipinski definition) is 0. The number of nitrogens with zero attached hydrogens (tertiary/aromatic N) is 4. The predicted molar refractivity (Wildman–Crippen MR) is 123 cm³/mol. The van der Waals surface area contributed by atoms with E-state index < -0.39 is 0 Å². The van der Waals surface area contributed by atoms with Gasteiger partial charge in [0.25, 0.3) is 5.56 Å². The van der Waals surface area contributed by atoms with Crippen molar-refractivity contribution in [2.45, 2.75) is 53.2 Å². The van der Waals surface area contributed by atoms with E-state index in [1.807, 2.05) is 55.7 Å². The minimum atomic E-state index is -0.294. The Bertz CT molecular complexity index is 1220. The molecule has 0 saturated carbocycles. The molecule has 0 saturated heterocycles. The van der Waals surface area contributed by atoms with Crippen LogP contribution in [-0.2, 0) is 19.6 Å². The molecular weight excluding hydrogens is 396 g/mol. The van der Waals surface area contributed by atoms with Crippen LogP contribution in [0.15, 0.2) is 27.8 Å². The van der Waals surface area contributed by atoms with Crippen LogP contribution in [0.4, 0.5) is 0 Å². The van der Waals surface area contributed by atoms with E-state index in [0.717, 1.165) is 12.0 Å². The molecule has 0 N–H and O–H groups in total. The molecule has 0 unspecified atom stereocenters. The summed E-state index contributed by atoms with van der Waals surface area (Å²) in [5.74, 6) is 1.91. The van der Waals surface area contributed by atoms with Gasteiger partial charge in [0.1, 0.15) is 5.82 Å². The van der Waals surface area contributed by atoms with E-state index in [0.29, 0.717) is 54.5 Å². The van der Waals surface area contributed by atoms with Crippen LogP contribution in [0, 0.1) is 0 Å². The standard InChI is InChI=1S/C23H30N4O4/c1-6-13-26-21-20(22(28)27(14-7-2)23(26)29)25(8-3)19(24-21)12-10-16-9-11-17(30-4)18(15-16)31-5/h9-12,15H,6-8,13-14H2,1-5H3. The fourth-order valence-electron chi connectivity index (χ4n) is 3.73. The Kier molecular flexibility index (Phi) is 6.99. The van der Waals surface area contributed by atoms with Crippen LogP contribution in [0.25, 0.3) is 23.3 Å². The SMILES string of the molecule is CCCn1c(=O)c2c(nc(C=Cc3ccc(OC)c(OC)c3)n2CC)n(CCC)c1=O. The highest BCUT2D eigenvalue weighted by molar-refractivity contribution is 5.77. The molecule has 0 atom stereocenters. The van der Waals surface area contributed by atoms with Crippen LogP contribution >= 0.6 is 0 Å². The van der Waals surface area contributed by atoms with E-state index in [4.69, 9.17) is 9.47 Å². The summed E-state index contributed by atoms with van der Waals surface area (Å²) in [5.41, 5.74) is 1.24. The second kappa shape index (κ2) is 9.68. The van der Waals surface area contributed by atoms with Gasteiger partial charge >= 0.3 is 5.69 Å². The van der Waals surface area contributed by atoms with Crippen molar-refractivity contribution in [2.75, 3.05) is 14.2 Å². The second-order valence-electron chi connectivity index (χ2n) is 7.23. The topological polar surface area (TPSA) is 80.3 Å².